The highest BCUT2D eigenvalue weighted by Crippen LogP contribution is 2.32. The van der Waals surface area contributed by atoms with Crippen LogP contribution in [0.4, 0.5) is 0 Å². The van der Waals surface area contributed by atoms with Crippen LogP contribution in [0.3, 0.4) is 0 Å². The van der Waals surface area contributed by atoms with Crippen molar-refractivity contribution >= 4 is 5.91 Å². The molecule has 7 nitrogen and oxygen atoms in total. The molecule has 0 radical (unpaired) electrons. The zero-order valence-electron chi connectivity index (χ0n) is 15.8. The van der Waals surface area contributed by atoms with E-state index in [1.807, 2.05) is 38.2 Å². The van der Waals surface area contributed by atoms with Gasteiger partial charge in [0.25, 0.3) is 0 Å². The van der Waals surface area contributed by atoms with Crippen LogP contribution in [-0.2, 0) is 24.2 Å². The first kappa shape index (κ1) is 18.5. The largest absolute Gasteiger partial charge is 0.339 e. The van der Waals surface area contributed by atoms with E-state index in [1.165, 1.54) is 5.56 Å². The van der Waals surface area contributed by atoms with Crippen LogP contribution in [0.25, 0.3) is 0 Å². The first-order valence-corrected chi connectivity index (χ1v) is 9.27. The van der Waals surface area contributed by atoms with Gasteiger partial charge < -0.3 is 14.3 Å². The van der Waals surface area contributed by atoms with E-state index in [-0.39, 0.29) is 11.9 Å². The van der Waals surface area contributed by atoms with Crippen LogP contribution in [-0.4, -0.2) is 51.5 Å². The zero-order valence-corrected chi connectivity index (χ0v) is 15.8. The van der Waals surface area contributed by atoms with Crippen LogP contribution in [0.15, 0.2) is 22.9 Å². The maximum atomic E-state index is 12.8. The van der Waals surface area contributed by atoms with Crippen molar-refractivity contribution in [3.05, 3.63) is 41.3 Å². The molecule has 1 atom stereocenters. The van der Waals surface area contributed by atoms with E-state index >= 15 is 0 Å². The maximum Gasteiger partial charge on any atom is 0.227 e. The van der Waals surface area contributed by atoms with Crippen LogP contribution in [0.5, 0.6) is 0 Å². The molecule has 1 amide bonds. The van der Waals surface area contributed by atoms with E-state index in [2.05, 4.69) is 26.1 Å². The summed E-state index contributed by atoms with van der Waals surface area (Å²) in [7, 11) is 4.06. The van der Waals surface area contributed by atoms with Gasteiger partial charge in [-0.05, 0) is 44.6 Å². The summed E-state index contributed by atoms with van der Waals surface area (Å²) >= 11 is 0. The van der Waals surface area contributed by atoms with Crippen LogP contribution in [0.1, 0.15) is 55.2 Å². The molecule has 1 fully saturated rings. The van der Waals surface area contributed by atoms with Gasteiger partial charge in [0, 0.05) is 38.5 Å². The fourth-order valence-corrected chi connectivity index (χ4v) is 3.42. The summed E-state index contributed by atoms with van der Waals surface area (Å²) in [5, 5.41) is 3.88. The van der Waals surface area contributed by atoms with Crippen LogP contribution < -0.4 is 0 Å². The predicted octanol–water partition coefficient (Wildman–Crippen LogP) is 2.38. The number of pyridine rings is 1. The molecule has 0 spiro atoms. The van der Waals surface area contributed by atoms with Gasteiger partial charge in [-0.2, -0.15) is 4.98 Å². The summed E-state index contributed by atoms with van der Waals surface area (Å²) in [4.78, 5) is 25.6. The Hall–Kier alpha value is -2.28. The van der Waals surface area contributed by atoms with Crippen LogP contribution in [0, 0.1) is 0 Å². The lowest BCUT2D eigenvalue weighted by atomic mass is 10.0. The first-order chi connectivity index (χ1) is 12.6. The molecule has 0 aliphatic carbocycles. The fraction of sp³-hybridized carbons (Fsp3) is 0.579. The van der Waals surface area contributed by atoms with Gasteiger partial charge in [-0.15, -0.1) is 0 Å². The van der Waals surface area contributed by atoms with Gasteiger partial charge in [0.05, 0.1) is 11.7 Å². The predicted molar refractivity (Wildman–Crippen MR) is 97.3 cm³/mol. The minimum Gasteiger partial charge on any atom is -0.339 e. The van der Waals surface area contributed by atoms with Crippen molar-refractivity contribution in [1.29, 1.82) is 0 Å². The van der Waals surface area contributed by atoms with E-state index in [0.717, 1.165) is 38.0 Å². The lowest BCUT2D eigenvalue weighted by Crippen LogP contribution is -2.30. The van der Waals surface area contributed by atoms with Crippen molar-refractivity contribution in [2.24, 2.45) is 0 Å². The van der Waals surface area contributed by atoms with Crippen molar-refractivity contribution < 1.29 is 9.32 Å². The normalized spacial score (nSPS) is 17.2. The fourth-order valence-electron chi connectivity index (χ4n) is 3.42. The number of rotatable bonds is 7. The van der Waals surface area contributed by atoms with Gasteiger partial charge in [-0.25, -0.2) is 0 Å². The van der Waals surface area contributed by atoms with Gasteiger partial charge in [0.2, 0.25) is 11.8 Å². The molecule has 0 N–H and O–H groups in total. The quantitative estimate of drug-likeness (QED) is 0.757. The molecule has 2 aromatic rings. The number of hydrogen-bond donors (Lipinski definition) is 0. The van der Waals surface area contributed by atoms with E-state index in [0.29, 0.717) is 24.6 Å². The molecular formula is C19H27N5O2. The molecule has 1 aliphatic rings. The number of likely N-dealkylation sites (tertiary alicyclic amines) is 1. The molecule has 26 heavy (non-hydrogen) atoms. The minimum absolute atomic E-state index is 0.139. The molecule has 1 saturated heterocycles. The van der Waals surface area contributed by atoms with Crippen LogP contribution in [0.2, 0.25) is 0 Å². The van der Waals surface area contributed by atoms with Gasteiger partial charge in [0.1, 0.15) is 0 Å². The molecule has 2 aromatic heterocycles. The Morgan fingerprint density at radius 3 is 3.00 bits per heavy atom. The van der Waals surface area contributed by atoms with E-state index in [9.17, 15) is 4.79 Å². The monoisotopic (exact) mass is 357 g/mol. The maximum absolute atomic E-state index is 12.8. The number of hydrogen-bond acceptors (Lipinski definition) is 6. The molecule has 3 heterocycles. The Morgan fingerprint density at radius 2 is 2.27 bits per heavy atom. The smallest absolute Gasteiger partial charge is 0.227 e. The molecule has 0 saturated carbocycles. The molecular weight excluding hydrogens is 330 g/mol. The second kappa shape index (κ2) is 8.40. The topological polar surface area (TPSA) is 75.4 Å². The Balaban J connectivity index is 1.64. The summed E-state index contributed by atoms with van der Waals surface area (Å²) < 4.78 is 5.19. The lowest BCUT2D eigenvalue weighted by molar-refractivity contribution is -0.132. The van der Waals surface area contributed by atoms with Gasteiger partial charge in [-0.1, -0.05) is 12.1 Å². The van der Waals surface area contributed by atoms with E-state index in [1.54, 1.807) is 0 Å². The second-order valence-electron chi connectivity index (χ2n) is 7.02. The van der Waals surface area contributed by atoms with Gasteiger partial charge in [-0.3, -0.25) is 9.78 Å². The molecule has 7 heteroatoms. The Labute approximate surface area is 154 Å². The van der Waals surface area contributed by atoms with Crippen LogP contribution >= 0.6 is 0 Å². The summed E-state index contributed by atoms with van der Waals surface area (Å²) in [6.45, 7) is 3.58. The number of aryl methyl sites for hydroxylation is 2. The summed E-state index contributed by atoms with van der Waals surface area (Å²) in [6, 6.07) is 4.29. The van der Waals surface area contributed by atoms with Crippen molar-refractivity contribution in [1.82, 2.24) is 24.9 Å². The average Bonchev–Trinajstić information content (AvgIpc) is 3.28. The molecule has 3 rings (SSSR count). The molecule has 1 unspecified atom stereocenters. The average molecular weight is 357 g/mol. The Bertz CT molecular complexity index is 743. The number of carbonyl (C=O) groups excluding carboxylic acids is 1. The van der Waals surface area contributed by atoms with Crippen molar-refractivity contribution in [2.45, 2.75) is 51.6 Å². The Morgan fingerprint density at radius 1 is 1.42 bits per heavy atom. The number of carbonyl (C=O) groups is 1. The van der Waals surface area contributed by atoms with Gasteiger partial charge in [0.15, 0.2) is 5.82 Å². The number of nitrogens with zero attached hydrogens (tertiary/aromatic N) is 5. The summed E-state index contributed by atoms with van der Waals surface area (Å²) in [5.74, 6) is 1.38. The molecule has 1 aliphatic heterocycles. The highest BCUT2D eigenvalue weighted by atomic mass is 16.5. The summed E-state index contributed by atoms with van der Waals surface area (Å²) in [6.07, 6.45) is 5.51. The van der Waals surface area contributed by atoms with Crippen molar-refractivity contribution in [2.75, 3.05) is 20.6 Å². The van der Waals surface area contributed by atoms with E-state index < -0.39 is 0 Å². The third-order valence-corrected chi connectivity index (χ3v) is 4.66. The second-order valence-corrected chi connectivity index (χ2v) is 7.02. The van der Waals surface area contributed by atoms with Crippen molar-refractivity contribution in [3.8, 4) is 0 Å². The highest BCUT2D eigenvalue weighted by Gasteiger charge is 2.30. The first-order valence-electron chi connectivity index (χ1n) is 9.27. The standard InChI is InChI=1S/C19H27N5O2/c1-4-17-21-18(26-22-17)7-8-19(25)24-11-5-6-16(24)14-9-10-20-15(12-14)13-23(2)3/h9-10,12,16H,4-8,11,13H2,1-3H3. The van der Waals surface area contributed by atoms with E-state index in [4.69, 9.17) is 4.52 Å². The lowest BCUT2D eigenvalue weighted by Gasteiger charge is -2.25. The molecule has 140 valence electrons. The van der Waals surface area contributed by atoms with Gasteiger partial charge >= 0.3 is 0 Å². The van der Waals surface area contributed by atoms with Crippen molar-refractivity contribution in [3.63, 3.8) is 0 Å². The zero-order chi connectivity index (χ0) is 18.5. The third-order valence-electron chi connectivity index (χ3n) is 4.66. The number of aromatic nitrogens is 3. The number of amides is 1. The summed E-state index contributed by atoms with van der Waals surface area (Å²) in [5.41, 5.74) is 2.21. The molecule has 0 bridgehead atoms. The minimum atomic E-state index is 0.139. The third kappa shape index (κ3) is 4.46. The molecule has 0 aromatic carbocycles. The Kier molecular flexibility index (Phi) is 5.98. The SMILES string of the molecule is CCc1noc(CCC(=O)N2CCCC2c2ccnc(CN(C)C)c2)n1. The highest BCUT2D eigenvalue weighted by molar-refractivity contribution is 5.77.